The van der Waals surface area contributed by atoms with Gasteiger partial charge in [-0.1, -0.05) is 25.8 Å². The summed E-state index contributed by atoms with van der Waals surface area (Å²) in [5.74, 6) is 0.909. The van der Waals surface area contributed by atoms with Crippen LogP contribution < -0.4 is 5.32 Å². The van der Waals surface area contributed by atoms with Crippen LogP contribution in [0.15, 0.2) is 24.5 Å². The molecule has 1 N–H and O–H groups in total. The van der Waals surface area contributed by atoms with Gasteiger partial charge < -0.3 is 5.32 Å². The molecule has 1 aliphatic rings. The Hall–Kier alpha value is -0.890. The van der Waals surface area contributed by atoms with Gasteiger partial charge in [0.2, 0.25) is 0 Å². The second-order valence-corrected chi connectivity index (χ2v) is 5.11. The molecule has 0 radical (unpaired) electrons. The maximum Gasteiger partial charge on any atom is 0.0299 e. The minimum absolute atomic E-state index is 0.711. The van der Waals surface area contributed by atoms with E-state index in [4.69, 9.17) is 0 Å². The summed E-state index contributed by atoms with van der Waals surface area (Å²) in [6.07, 6.45) is 12.0. The SMILES string of the molecule is CCNC(CCc1cccnc1)C1CCCC1. The molecule has 1 fully saturated rings. The molecule has 2 nitrogen and oxygen atoms in total. The van der Waals surface area contributed by atoms with Crippen LogP contribution in [0.25, 0.3) is 0 Å². The molecule has 1 aromatic rings. The summed E-state index contributed by atoms with van der Waals surface area (Å²) in [5, 5.41) is 3.67. The molecule has 0 spiro atoms. The zero-order valence-electron chi connectivity index (χ0n) is 10.9. The molecule has 0 amide bonds. The van der Waals surface area contributed by atoms with Gasteiger partial charge in [-0.05, 0) is 49.8 Å². The molecule has 17 heavy (non-hydrogen) atoms. The van der Waals surface area contributed by atoms with Gasteiger partial charge in [0, 0.05) is 18.4 Å². The molecule has 0 aliphatic heterocycles. The number of hydrogen-bond donors (Lipinski definition) is 1. The average Bonchev–Trinajstić information content (AvgIpc) is 2.89. The van der Waals surface area contributed by atoms with Crippen LogP contribution in [0.2, 0.25) is 0 Å². The molecule has 94 valence electrons. The lowest BCUT2D eigenvalue weighted by Crippen LogP contribution is -2.35. The van der Waals surface area contributed by atoms with Crippen molar-refractivity contribution >= 4 is 0 Å². The van der Waals surface area contributed by atoms with E-state index < -0.39 is 0 Å². The van der Waals surface area contributed by atoms with Crippen LogP contribution in [0, 0.1) is 5.92 Å². The number of aromatic nitrogens is 1. The lowest BCUT2D eigenvalue weighted by Gasteiger charge is -2.24. The fourth-order valence-electron chi connectivity index (χ4n) is 2.99. The molecule has 2 rings (SSSR count). The fourth-order valence-corrected chi connectivity index (χ4v) is 2.99. The largest absolute Gasteiger partial charge is 0.314 e. The topological polar surface area (TPSA) is 24.9 Å². The second kappa shape index (κ2) is 6.75. The zero-order chi connectivity index (χ0) is 11.9. The Balaban J connectivity index is 1.84. The molecule has 0 aromatic carbocycles. The summed E-state index contributed by atoms with van der Waals surface area (Å²) in [6.45, 7) is 3.31. The monoisotopic (exact) mass is 232 g/mol. The molecular weight excluding hydrogens is 208 g/mol. The summed E-state index contributed by atoms with van der Waals surface area (Å²) in [7, 11) is 0. The number of aryl methyl sites for hydroxylation is 1. The predicted octanol–water partition coefficient (Wildman–Crippen LogP) is 3.18. The molecule has 2 heteroatoms. The van der Waals surface area contributed by atoms with E-state index in [2.05, 4.69) is 23.3 Å². The van der Waals surface area contributed by atoms with Gasteiger partial charge in [-0.2, -0.15) is 0 Å². The van der Waals surface area contributed by atoms with E-state index in [-0.39, 0.29) is 0 Å². The lowest BCUT2D eigenvalue weighted by molar-refractivity contribution is 0.346. The summed E-state index contributed by atoms with van der Waals surface area (Å²) >= 11 is 0. The van der Waals surface area contributed by atoms with Gasteiger partial charge >= 0.3 is 0 Å². The predicted molar refractivity (Wildman–Crippen MR) is 72.0 cm³/mol. The van der Waals surface area contributed by atoms with E-state index in [1.54, 1.807) is 0 Å². The number of pyridine rings is 1. The molecule has 1 saturated carbocycles. The number of rotatable bonds is 6. The second-order valence-electron chi connectivity index (χ2n) is 5.11. The maximum absolute atomic E-state index is 4.19. The summed E-state index contributed by atoms with van der Waals surface area (Å²) in [5.41, 5.74) is 1.37. The number of hydrogen-bond acceptors (Lipinski definition) is 2. The van der Waals surface area contributed by atoms with E-state index in [1.165, 1.54) is 37.7 Å². The van der Waals surface area contributed by atoms with Gasteiger partial charge in [0.05, 0.1) is 0 Å². The Bertz CT molecular complexity index is 304. The average molecular weight is 232 g/mol. The van der Waals surface area contributed by atoms with Crippen molar-refractivity contribution in [3.05, 3.63) is 30.1 Å². The molecule has 1 aliphatic carbocycles. The Morgan fingerprint density at radius 3 is 2.88 bits per heavy atom. The quantitative estimate of drug-likeness (QED) is 0.815. The molecule has 1 unspecified atom stereocenters. The molecule has 0 saturated heterocycles. The van der Waals surface area contributed by atoms with E-state index in [0.29, 0.717) is 6.04 Å². The molecule has 1 aromatic heterocycles. The highest BCUT2D eigenvalue weighted by Crippen LogP contribution is 2.29. The van der Waals surface area contributed by atoms with Crippen molar-refractivity contribution in [1.29, 1.82) is 0 Å². The molecule has 0 bridgehead atoms. The fraction of sp³-hybridized carbons (Fsp3) is 0.667. The first-order chi connectivity index (χ1) is 8.40. The third-order valence-electron chi connectivity index (χ3n) is 3.90. The number of nitrogens with zero attached hydrogens (tertiary/aromatic N) is 1. The van der Waals surface area contributed by atoms with Crippen LogP contribution in [0.1, 0.15) is 44.6 Å². The maximum atomic E-state index is 4.19. The van der Waals surface area contributed by atoms with Gasteiger partial charge in [0.15, 0.2) is 0 Å². The molecular formula is C15H24N2. The van der Waals surface area contributed by atoms with Crippen molar-refractivity contribution in [3.8, 4) is 0 Å². The van der Waals surface area contributed by atoms with Crippen molar-refractivity contribution in [3.63, 3.8) is 0 Å². The molecule has 1 atom stereocenters. The van der Waals surface area contributed by atoms with E-state index in [9.17, 15) is 0 Å². The normalized spacial score (nSPS) is 18.4. The first-order valence-electron chi connectivity index (χ1n) is 7.02. The van der Waals surface area contributed by atoms with E-state index >= 15 is 0 Å². The smallest absolute Gasteiger partial charge is 0.0299 e. The van der Waals surface area contributed by atoms with Crippen LogP contribution in [0.5, 0.6) is 0 Å². The summed E-state index contributed by atoms with van der Waals surface area (Å²) < 4.78 is 0. The van der Waals surface area contributed by atoms with Crippen molar-refractivity contribution in [2.75, 3.05) is 6.54 Å². The van der Waals surface area contributed by atoms with Crippen LogP contribution in [-0.4, -0.2) is 17.6 Å². The van der Waals surface area contributed by atoms with Gasteiger partial charge in [-0.3, -0.25) is 4.98 Å². The summed E-state index contributed by atoms with van der Waals surface area (Å²) in [4.78, 5) is 4.19. The highest BCUT2D eigenvalue weighted by Gasteiger charge is 2.23. The van der Waals surface area contributed by atoms with Gasteiger partial charge in [-0.15, -0.1) is 0 Å². The Kier molecular flexibility index (Phi) is 4.99. The Labute approximate surface area is 105 Å². The summed E-state index contributed by atoms with van der Waals surface area (Å²) in [6, 6.07) is 4.93. The van der Waals surface area contributed by atoms with Crippen molar-refractivity contribution < 1.29 is 0 Å². The number of nitrogens with one attached hydrogen (secondary N) is 1. The van der Waals surface area contributed by atoms with Crippen LogP contribution >= 0.6 is 0 Å². The van der Waals surface area contributed by atoms with Crippen molar-refractivity contribution in [2.45, 2.75) is 51.5 Å². The lowest BCUT2D eigenvalue weighted by atomic mass is 9.93. The first kappa shape index (κ1) is 12.6. The zero-order valence-corrected chi connectivity index (χ0v) is 10.9. The van der Waals surface area contributed by atoms with Crippen molar-refractivity contribution in [2.24, 2.45) is 5.92 Å². The van der Waals surface area contributed by atoms with Crippen LogP contribution in [0.4, 0.5) is 0 Å². The van der Waals surface area contributed by atoms with Gasteiger partial charge in [0.1, 0.15) is 0 Å². The highest BCUT2D eigenvalue weighted by molar-refractivity contribution is 5.08. The van der Waals surface area contributed by atoms with Crippen molar-refractivity contribution in [1.82, 2.24) is 10.3 Å². The van der Waals surface area contributed by atoms with Gasteiger partial charge in [0.25, 0.3) is 0 Å². The standard InChI is InChI=1S/C15H24N2/c1-2-17-15(14-7-3-4-8-14)10-9-13-6-5-11-16-12-13/h5-6,11-12,14-15,17H,2-4,7-10H2,1H3. The van der Waals surface area contributed by atoms with E-state index in [0.717, 1.165) is 18.9 Å². The Morgan fingerprint density at radius 2 is 2.24 bits per heavy atom. The Morgan fingerprint density at radius 1 is 1.41 bits per heavy atom. The molecule has 1 heterocycles. The minimum atomic E-state index is 0.711. The first-order valence-corrected chi connectivity index (χ1v) is 7.02. The van der Waals surface area contributed by atoms with Crippen LogP contribution in [-0.2, 0) is 6.42 Å². The van der Waals surface area contributed by atoms with E-state index in [1.807, 2.05) is 18.5 Å². The highest BCUT2D eigenvalue weighted by atomic mass is 14.9. The van der Waals surface area contributed by atoms with Crippen LogP contribution in [0.3, 0.4) is 0 Å². The minimum Gasteiger partial charge on any atom is -0.314 e. The van der Waals surface area contributed by atoms with Gasteiger partial charge in [-0.25, -0.2) is 0 Å². The third kappa shape index (κ3) is 3.81. The third-order valence-corrected chi connectivity index (χ3v) is 3.90.